The lowest BCUT2D eigenvalue weighted by atomic mass is 10.1. The molecule has 0 aliphatic carbocycles. The number of methoxy groups -OCH3 is 3. The summed E-state index contributed by atoms with van der Waals surface area (Å²) in [6, 6.07) is 10.9. The number of ether oxygens (including phenoxy) is 3. The number of non-ortho nitro benzene ring substituents is 1. The third-order valence-electron chi connectivity index (χ3n) is 6.43. The predicted octanol–water partition coefficient (Wildman–Crippen LogP) is 3.41. The van der Waals surface area contributed by atoms with E-state index in [-0.39, 0.29) is 32.7 Å². The molecule has 3 rings (SSSR count). The number of hydrogen-bond donors (Lipinski definition) is 0. The molecule has 0 aliphatic rings. The average Bonchev–Trinajstić information content (AvgIpc) is 3.51. The van der Waals surface area contributed by atoms with Gasteiger partial charge in [0, 0.05) is 32.9 Å². The van der Waals surface area contributed by atoms with Crippen molar-refractivity contribution in [1.82, 2.24) is 9.21 Å². The lowest BCUT2D eigenvalue weighted by Crippen LogP contribution is -2.44. The van der Waals surface area contributed by atoms with E-state index in [1.165, 1.54) is 32.5 Å². The topological polar surface area (TPSA) is 185 Å². The van der Waals surface area contributed by atoms with E-state index in [2.05, 4.69) is 0 Å². The molecule has 0 atom stereocenters. The molecular formula is C27H32N4O11S. The van der Waals surface area contributed by atoms with E-state index in [0.29, 0.717) is 29.7 Å². The van der Waals surface area contributed by atoms with Gasteiger partial charge in [0.2, 0.25) is 15.9 Å². The van der Waals surface area contributed by atoms with Crippen LogP contribution in [0.2, 0.25) is 0 Å². The summed E-state index contributed by atoms with van der Waals surface area (Å²) in [5.74, 6) is 0.902. The van der Waals surface area contributed by atoms with Crippen molar-refractivity contribution in [2.45, 2.75) is 24.3 Å². The molecule has 0 spiro atoms. The summed E-state index contributed by atoms with van der Waals surface area (Å²) in [7, 11) is -0.226. The molecule has 3 aromatic rings. The number of rotatable bonds is 17. The maximum Gasteiger partial charge on any atom is 0.296 e. The zero-order valence-electron chi connectivity index (χ0n) is 23.8. The Morgan fingerprint density at radius 2 is 1.70 bits per heavy atom. The van der Waals surface area contributed by atoms with Gasteiger partial charge in [-0.2, -0.15) is 4.31 Å². The Balaban J connectivity index is 1.93. The van der Waals surface area contributed by atoms with Crippen LogP contribution in [-0.4, -0.2) is 80.9 Å². The van der Waals surface area contributed by atoms with Gasteiger partial charge in [-0.05, 0) is 48.7 Å². The standard InChI is InChI=1S/C27H32N4O11S/c1-39-14-5-12-29(43(37,38)26-10-8-21(30(33)34)17-23(26)31(35)36)19-27(32)28(18-22-6-4-15-42-22)13-11-20-7-9-24(40-2)25(16-20)41-3/h4,6-10,15-17H,5,11-14,18-19H2,1-3H3. The molecule has 15 nitrogen and oxygen atoms in total. The first-order valence-corrected chi connectivity index (χ1v) is 14.4. The van der Waals surface area contributed by atoms with Crippen molar-refractivity contribution < 1.29 is 41.7 Å². The van der Waals surface area contributed by atoms with Crippen LogP contribution in [0.15, 0.2) is 64.1 Å². The number of carbonyl (C=O) groups is 1. The SMILES string of the molecule is COCCCN(CC(=O)N(CCc1ccc(OC)c(OC)c1)Cc1ccco1)S(=O)(=O)c1ccc([N+](=O)[O-])cc1[N+](=O)[O-]. The molecule has 232 valence electrons. The zero-order valence-corrected chi connectivity index (χ0v) is 24.7. The van der Waals surface area contributed by atoms with E-state index in [9.17, 15) is 33.4 Å². The van der Waals surface area contributed by atoms with Crippen LogP contribution >= 0.6 is 0 Å². The van der Waals surface area contributed by atoms with Gasteiger partial charge in [0.15, 0.2) is 16.4 Å². The van der Waals surface area contributed by atoms with Gasteiger partial charge in [-0.15, -0.1) is 0 Å². The first kappa shape index (κ1) is 33.0. The van der Waals surface area contributed by atoms with Crippen molar-refractivity contribution in [3.8, 4) is 11.5 Å². The second kappa shape index (κ2) is 15.1. The van der Waals surface area contributed by atoms with E-state index in [4.69, 9.17) is 18.6 Å². The van der Waals surface area contributed by atoms with Crippen molar-refractivity contribution in [3.05, 3.63) is 86.3 Å². The lowest BCUT2D eigenvalue weighted by Gasteiger charge is -2.27. The number of amides is 1. The highest BCUT2D eigenvalue weighted by Gasteiger charge is 2.35. The Morgan fingerprint density at radius 3 is 2.30 bits per heavy atom. The van der Waals surface area contributed by atoms with Crippen LogP contribution in [0.3, 0.4) is 0 Å². The number of sulfonamides is 1. The van der Waals surface area contributed by atoms with Gasteiger partial charge in [0.05, 0.1) is 49.5 Å². The Bertz CT molecular complexity index is 1530. The van der Waals surface area contributed by atoms with Crippen LogP contribution in [0.25, 0.3) is 0 Å². The summed E-state index contributed by atoms with van der Waals surface area (Å²) in [4.78, 5) is 35.3. The predicted molar refractivity (Wildman–Crippen MR) is 152 cm³/mol. The minimum atomic E-state index is -4.66. The van der Waals surface area contributed by atoms with Crippen molar-refractivity contribution in [2.24, 2.45) is 0 Å². The van der Waals surface area contributed by atoms with Gasteiger partial charge in [0.25, 0.3) is 11.4 Å². The molecule has 0 saturated heterocycles. The van der Waals surface area contributed by atoms with Crippen molar-refractivity contribution in [2.75, 3.05) is 47.6 Å². The lowest BCUT2D eigenvalue weighted by molar-refractivity contribution is -0.396. The monoisotopic (exact) mass is 620 g/mol. The molecule has 1 aromatic heterocycles. The van der Waals surface area contributed by atoms with Crippen molar-refractivity contribution in [3.63, 3.8) is 0 Å². The fraction of sp³-hybridized carbons (Fsp3) is 0.370. The molecular weight excluding hydrogens is 588 g/mol. The fourth-order valence-corrected chi connectivity index (χ4v) is 5.79. The van der Waals surface area contributed by atoms with E-state index in [0.717, 1.165) is 22.0 Å². The third-order valence-corrected chi connectivity index (χ3v) is 8.33. The van der Waals surface area contributed by atoms with Crippen LogP contribution in [0.4, 0.5) is 11.4 Å². The van der Waals surface area contributed by atoms with Gasteiger partial charge in [-0.1, -0.05) is 6.07 Å². The average molecular weight is 621 g/mol. The quantitative estimate of drug-likeness (QED) is 0.122. The molecule has 0 unspecified atom stereocenters. The molecule has 0 radical (unpaired) electrons. The van der Waals surface area contributed by atoms with Gasteiger partial charge in [-0.3, -0.25) is 25.0 Å². The van der Waals surface area contributed by atoms with E-state index >= 15 is 0 Å². The normalized spacial score (nSPS) is 11.3. The summed E-state index contributed by atoms with van der Waals surface area (Å²) in [5, 5.41) is 22.9. The van der Waals surface area contributed by atoms with E-state index in [1.807, 2.05) is 6.07 Å². The molecule has 2 aromatic carbocycles. The number of nitro benzene ring substituents is 2. The minimum absolute atomic E-state index is 0.0305. The van der Waals surface area contributed by atoms with Crippen molar-refractivity contribution >= 4 is 27.3 Å². The molecule has 0 bridgehead atoms. The highest BCUT2D eigenvalue weighted by atomic mass is 32.2. The Hall–Kier alpha value is -4.54. The second-order valence-electron chi connectivity index (χ2n) is 9.19. The van der Waals surface area contributed by atoms with Gasteiger partial charge in [-0.25, -0.2) is 8.42 Å². The van der Waals surface area contributed by atoms with Crippen LogP contribution in [0, 0.1) is 20.2 Å². The van der Waals surface area contributed by atoms with Crippen molar-refractivity contribution in [1.29, 1.82) is 0 Å². The van der Waals surface area contributed by atoms with Gasteiger partial charge in [0.1, 0.15) is 5.76 Å². The van der Waals surface area contributed by atoms with Crippen LogP contribution in [0.5, 0.6) is 11.5 Å². The minimum Gasteiger partial charge on any atom is -0.493 e. The summed E-state index contributed by atoms with van der Waals surface area (Å²) in [5.41, 5.74) is -0.798. The highest BCUT2D eigenvalue weighted by Crippen LogP contribution is 2.31. The molecule has 43 heavy (non-hydrogen) atoms. The smallest absolute Gasteiger partial charge is 0.296 e. The molecule has 0 aliphatic heterocycles. The Morgan fingerprint density at radius 1 is 0.953 bits per heavy atom. The number of carbonyl (C=O) groups excluding carboxylic acids is 1. The van der Waals surface area contributed by atoms with Crippen LogP contribution < -0.4 is 9.47 Å². The van der Waals surface area contributed by atoms with Gasteiger partial charge >= 0.3 is 0 Å². The van der Waals surface area contributed by atoms with E-state index < -0.39 is 48.6 Å². The zero-order chi connectivity index (χ0) is 31.6. The molecule has 0 saturated carbocycles. The fourth-order valence-electron chi connectivity index (χ4n) is 4.22. The largest absolute Gasteiger partial charge is 0.493 e. The summed E-state index contributed by atoms with van der Waals surface area (Å²) < 4.78 is 49.3. The Kier molecular flexibility index (Phi) is 11.6. The number of furan rings is 1. The maximum atomic E-state index is 13.7. The number of hydrogen-bond acceptors (Lipinski definition) is 11. The summed E-state index contributed by atoms with van der Waals surface area (Å²) >= 11 is 0. The molecule has 1 amide bonds. The summed E-state index contributed by atoms with van der Waals surface area (Å²) in [6.07, 6.45) is 1.99. The number of benzene rings is 2. The molecule has 0 N–H and O–H groups in total. The maximum absolute atomic E-state index is 13.7. The first-order valence-electron chi connectivity index (χ1n) is 12.9. The van der Waals surface area contributed by atoms with Crippen LogP contribution in [-0.2, 0) is 32.5 Å². The second-order valence-corrected chi connectivity index (χ2v) is 11.1. The molecule has 0 fully saturated rings. The molecule has 1 heterocycles. The number of nitrogens with zero attached hydrogens (tertiary/aromatic N) is 4. The Labute approximate surface area is 247 Å². The first-order chi connectivity index (χ1) is 20.5. The van der Waals surface area contributed by atoms with Crippen LogP contribution in [0.1, 0.15) is 17.7 Å². The number of nitro groups is 2. The summed E-state index contributed by atoms with van der Waals surface area (Å²) in [6.45, 7) is -0.521. The van der Waals surface area contributed by atoms with Gasteiger partial charge < -0.3 is 23.5 Å². The molecule has 16 heteroatoms. The third kappa shape index (κ3) is 8.50. The highest BCUT2D eigenvalue weighted by molar-refractivity contribution is 7.89. The van der Waals surface area contributed by atoms with E-state index in [1.54, 1.807) is 24.3 Å².